The number of aryl methyl sites for hydroxylation is 4. The predicted molar refractivity (Wildman–Crippen MR) is 96.9 cm³/mol. The van der Waals surface area contributed by atoms with E-state index in [1.807, 2.05) is 0 Å². The molecule has 0 aromatic heterocycles. The van der Waals surface area contributed by atoms with Gasteiger partial charge in [0.25, 0.3) is 0 Å². The molecule has 0 N–H and O–H groups in total. The van der Waals surface area contributed by atoms with Crippen LogP contribution in [0.2, 0.25) is 0 Å². The highest BCUT2D eigenvalue weighted by Crippen LogP contribution is 2.45. The van der Waals surface area contributed by atoms with Crippen molar-refractivity contribution < 1.29 is 14.2 Å². The molecule has 5 heterocycles. The lowest BCUT2D eigenvalue weighted by Gasteiger charge is -2.18. The van der Waals surface area contributed by atoms with Crippen molar-refractivity contribution in [3.63, 3.8) is 0 Å². The molecule has 0 saturated carbocycles. The lowest BCUT2D eigenvalue weighted by molar-refractivity contribution is 0.102. The third kappa shape index (κ3) is 2.53. The van der Waals surface area contributed by atoms with Gasteiger partial charge in [-0.1, -0.05) is 24.3 Å². The number of hydrogen-bond acceptors (Lipinski definition) is 3. The van der Waals surface area contributed by atoms with Gasteiger partial charge in [0.15, 0.2) is 0 Å². The van der Waals surface area contributed by atoms with E-state index in [2.05, 4.69) is 52.0 Å². The minimum atomic E-state index is 0.177. The van der Waals surface area contributed by atoms with Crippen LogP contribution in [0.15, 0.2) is 24.3 Å². The minimum absolute atomic E-state index is 0.177. The van der Waals surface area contributed by atoms with E-state index in [1.54, 1.807) is 0 Å². The van der Waals surface area contributed by atoms with E-state index >= 15 is 0 Å². The van der Waals surface area contributed by atoms with Crippen LogP contribution in [0.5, 0.6) is 0 Å². The topological polar surface area (TPSA) is 34.3 Å². The van der Waals surface area contributed by atoms with Crippen molar-refractivity contribution in [1.82, 2.24) is 0 Å². The summed E-state index contributed by atoms with van der Waals surface area (Å²) < 4.78 is 17.6. The summed E-state index contributed by atoms with van der Waals surface area (Å²) in [6.45, 7) is 10.1. The Kier molecular flexibility index (Phi) is 3.37. The second-order valence-electron chi connectivity index (χ2n) is 7.79. The molecule has 4 atom stereocenters. The van der Waals surface area contributed by atoms with Gasteiger partial charge in [0.1, 0.15) is 24.4 Å². The van der Waals surface area contributed by atoms with Crippen LogP contribution in [-0.2, 0) is 14.2 Å². The van der Waals surface area contributed by atoms with Crippen LogP contribution in [-0.4, -0.2) is 25.4 Å². The van der Waals surface area contributed by atoms with Gasteiger partial charge in [-0.3, -0.25) is 0 Å². The molecule has 25 heavy (non-hydrogen) atoms. The monoisotopic (exact) mass is 336 g/mol. The van der Waals surface area contributed by atoms with Crippen LogP contribution in [0.25, 0.3) is 11.1 Å². The van der Waals surface area contributed by atoms with E-state index < -0.39 is 0 Å². The van der Waals surface area contributed by atoms with Crippen LogP contribution in [0.4, 0.5) is 0 Å². The Morgan fingerprint density at radius 1 is 0.640 bits per heavy atom. The number of benzene rings is 2. The van der Waals surface area contributed by atoms with Gasteiger partial charge in [0.05, 0.1) is 13.2 Å². The van der Waals surface area contributed by atoms with Crippen molar-refractivity contribution in [1.29, 1.82) is 0 Å². The van der Waals surface area contributed by atoms with E-state index in [-0.39, 0.29) is 24.4 Å². The summed E-state index contributed by atoms with van der Waals surface area (Å²) in [6, 6.07) is 9.17. The molecular formula is C22H24O3. The first-order chi connectivity index (χ1) is 12.0. The van der Waals surface area contributed by atoms with Crippen LogP contribution in [0.1, 0.15) is 45.6 Å². The Balaban J connectivity index is 1.68. The van der Waals surface area contributed by atoms with Gasteiger partial charge in [-0.15, -0.1) is 0 Å². The highest BCUT2D eigenvalue weighted by Gasteiger charge is 2.44. The zero-order valence-electron chi connectivity index (χ0n) is 15.3. The summed E-state index contributed by atoms with van der Waals surface area (Å²) in [5.74, 6) is 0. The van der Waals surface area contributed by atoms with Crippen LogP contribution < -0.4 is 0 Å². The Morgan fingerprint density at radius 3 is 1.36 bits per heavy atom. The standard InChI is InChI=1S/C22H24O3/c1-11-5-15-6-12(2)19(11)20-13(3)7-16(8-14(20)4)22-18(25-22)10-23-9-17-21(15)24-17/h5-8,17-18,21-22H,9-10H2,1-4H3. The molecule has 0 radical (unpaired) electrons. The summed E-state index contributed by atoms with van der Waals surface area (Å²) >= 11 is 0. The summed E-state index contributed by atoms with van der Waals surface area (Å²) in [5.41, 5.74) is 10.5. The molecule has 2 saturated heterocycles. The summed E-state index contributed by atoms with van der Waals surface area (Å²) in [4.78, 5) is 0. The van der Waals surface area contributed by atoms with E-state index in [0.717, 1.165) is 0 Å². The van der Waals surface area contributed by atoms with E-state index in [9.17, 15) is 0 Å². The fraction of sp³-hybridized carbons (Fsp3) is 0.455. The quantitative estimate of drug-likeness (QED) is 0.665. The number of ether oxygens (including phenoxy) is 3. The van der Waals surface area contributed by atoms with Crippen molar-refractivity contribution >= 4 is 0 Å². The minimum Gasteiger partial charge on any atom is -0.376 e. The lowest BCUT2D eigenvalue weighted by atomic mass is 9.86. The average molecular weight is 336 g/mol. The second-order valence-corrected chi connectivity index (χ2v) is 7.79. The van der Waals surface area contributed by atoms with Gasteiger partial charge in [-0.05, 0) is 72.2 Å². The maximum Gasteiger partial charge on any atom is 0.112 e. The Morgan fingerprint density at radius 2 is 1.00 bits per heavy atom. The SMILES string of the molecule is Cc1cc2cc(C)c1-c1c(C)cc(cc1C)C1OC1COCC1OC21. The normalized spacial score (nSPS) is 29.6. The van der Waals surface area contributed by atoms with E-state index in [4.69, 9.17) is 14.2 Å². The van der Waals surface area contributed by atoms with Crippen LogP contribution in [0.3, 0.4) is 0 Å². The maximum absolute atomic E-state index is 5.87. The largest absolute Gasteiger partial charge is 0.376 e. The maximum atomic E-state index is 5.87. The molecule has 7 rings (SSSR count). The van der Waals surface area contributed by atoms with E-state index in [1.165, 1.54) is 44.5 Å². The van der Waals surface area contributed by atoms with E-state index in [0.29, 0.717) is 13.2 Å². The molecule has 0 spiro atoms. The Bertz CT molecular complexity index is 752. The van der Waals surface area contributed by atoms with Gasteiger partial charge < -0.3 is 14.2 Å². The highest BCUT2D eigenvalue weighted by molar-refractivity contribution is 5.77. The summed E-state index contributed by atoms with van der Waals surface area (Å²) in [7, 11) is 0. The van der Waals surface area contributed by atoms with Crippen LogP contribution >= 0.6 is 0 Å². The first kappa shape index (κ1) is 15.6. The number of rotatable bonds is 0. The predicted octanol–water partition coefficient (Wildman–Crippen LogP) is 4.50. The average Bonchev–Trinajstić information content (AvgIpc) is 3.43. The van der Waals surface area contributed by atoms with Gasteiger partial charge in [-0.2, -0.15) is 0 Å². The van der Waals surface area contributed by atoms with Gasteiger partial charge in [0.2, 0.25) is 0 Å². The molecule has 2 aromatic carbocycles. The molecule has 4 bridgehead atoms. The fourth-order valence-corrected chi connectivity index (χ4v) is 4.54. The Hall–Kier alpha value is -1.68. The molecule has 2 aromatic rings. The van der Waals surface area contributed by atoms with Crippen molar-refractivity contribution in [2.24, 2.45) is 0 Å². The molecule has 0 amide bonds. The Labute approximate surface area is 148 Å². The number of epoxide rings is 2. The molecule has 5 aliphatic heterocycles. The first-order valence-electron chi connectivity index (χ1n) is 9.14. The van der Waals surface area contributed by atoms with Crippen molar-refractivity contribution in [2.75, 3.05) is 13.2 Å². The highest BCUT2D eigenvalue weighted by atomic mass is 16.6. The molecule has 5 aliphatic rings. The summed E-state index contributed by atoms with van der Waals surface area (Å²) in [5, 5.41) is 0. The molecule has 4 unspecified atom stereocenters. The zero-order valence-corrected chi connectivity index (χ0v) is 15.3. The fourth-order valence-electron chi connectivity index (χ4n) is 4.54. The van der Waals surface area contributed by atoms with Crippen molar-refractivity contribution in [3.05, 3.63) is 57.6 Å². The molecule has 3 nitrogen and oxygen atoms in total. The van der Waals surface area contributed by atoms with Crippen LogP contribution in [0, 0.1) is 27.7 Å². The summed E-state index contributed by atoms with van der Waals surface area (Å²) in [6.07, 6.45) is 0.723. The molecule has 3 heteroatoms. The molecule has 2 fully saturated rings. The van der Waals surface area contributed by atoms with Gasteiger partial charge >= 0.3 is 0 Å². The smallest absolute Gasteiger partial charge is 0.112 e. The molecule has 0 aliphatic carbocycles. The molecular weight excluding hydrogens is 312 g/mol. The number of hydrogen-bond donors (Lipinski definition) is 0. The van der Waals surface area contributed by atoms with Crippen molar-refractivity contribution in [3.8, 4) is 11.1 Å². The third-order valence-electron chi connectivity index (χ3n) is 5.75. The number of fused-ring (bicyclic) bond motifs is 2. The van der Waals surface area contributed by atoms with Gasteiger partial charge in [0, 0.05) is 0 Å². The molecule has 130 valence electrons. The van der Waals surface area contributed by atoms with Gasteiger partial charge in [-0.25, -0.2) is 0 Å². The first-order valence-corrected chi connectivity index (χ1v) is 9.14. The second kappa shape index (κ2) is 5.41. The lowest BCUT2D eigenvalue weighted by Crippen LogP contribution is -2.08. The van der Waals surface area contributed by atoms with Crippen molar-refractivity contribution in [2.45, 2.75) is 52.1 Å². The third-order valence-corrected chi connectivity index (χ3v) is 5.75. The zero-order chi connectivity index (χ0) is 17.3.